The average molecular weight is 1050 g/mol. The second-order valence-electron chi connectivity index (χ2n) is 17.2. The zero-order valence-corrected chi connectivity index (χ0v) is 46.5. The number of carbonyl (C=O) groups excluding carboxylic acids is 5. The maximum Gasteiger partial charge on any atom is 1.00 e. The molecule has 379 valence electrons. The molecule has 68 heavy (non-hydrogen) atoms. The maximum atomic E-state index is 11.5. The molecule has 4 fully saturated rings. The van der Waals surface area contributed by atoms with Crippen LogP contribution in [0, 0.1) is 0 Å². The van der Waals surface area contributed by atoms with Crippen LogP contribution in [0.25, 0.3) is 0 Å². The minimum Gasteiger partial charge on any atom is -0.793 e. The molecule has 21 heteroatoms. The number of hydrogen-bond donors (Lipinski definition) is 2. The zero-order valence-electron chi connectivity index (χ0n) is 41.4. The molecule has 2 N–H and O–H groups in total. The van der Waals surface area contributed by atoms with E-state index in [1.165, 1.54) is 37.4 Å². The average Bonchev–Trinajstić information content (AvgIpc) is 3.28. The van der Waals surface area contributed by atoms with Crippen molar-refractivity contribution in [3.05, 3.63) is 69.7 Å². The third kappa shape index (κ3) is 30.5. The number of nitrogens with zero attached hydrogens (tertiary/aromatic N) is 2. The molecule has 4 aliphatic rings. The number of nitrogens with one attached hydrogen (secondary N) is 2. The second kappa shape index (κ2) is 37.6. The molecule has 0 unspecified atom stereocenters. The van der Waals surface area contributed by atoms with Crippen molar-refractivity contribution >= 4 is 85.8 Å². The molecule has 4 saturated heterocycles. The normalized spacial score (nSPS) is 20.2. The van der Waals surface area contributed by atoms with Crippen LogP contribution in [-0.4, -0.2) is 137 Å². The summed E-state index contributed by atoms with van der Waals surface area (Å²) < 4.78 is 19.9. The van der Waals surface area contributed by atoms with Crippen molar-refractivity contribution in [1.82, 2.24) is 20.4 Å². The van der Waals surface area contributed by atoms with Gasteiger partial charge in [-0.05, 0) is 127 Å². The topological polar surface area (TPSA) is 171 Å². The summed E-state index contributed by atoms with van der Waals surface area (Å²) in [6.07, 6.45) is 10.6. The van der Waals surface area contributed by atoms with Gasteiger partial charge in [0.1, 0.15) is 11.4 Å². The Kier molecular flexibility index (Phi) is 37.5. The third-order valence-corrected chi connectivity index (χ3v) is 11.3. The van der Waals surface area contributed by atoms with Crippen molar-refractivity contribution < 1.29 is 82.2 Å². The summed E-state index contributed by atoms with van der Waals surface area (Å²) in [5, 5.41) is 8.63. The van der Waals surface area contributed by atoms with Crippen LogP contribution in [0.3, 0.4) is 0 Å². The van der Waals surface area contributed by atoms with Crippen LogP contribution in [0.1, 0.15) is 104 Å². The Morgan fingerprint density at radius 3 is 1.62 bits per heavy atom. The van der Waals surface area contributed by atoms with Gasteiger partial charge in [0.2, 0.25) is 5.97 Å². The number of piperidine rings is 4. The number of ketones is 1. The zero-order chi connectivity index (χ0) is 48.4. The van der Waals surface area contributed by atoms with Crippen molar-refractivity contribution in [1.29, 1.82) is 0 Å². The number of benzene rings is 2. The fourth-order valence-corrected chi connectivity index (χ4v) is 7.83. The van der Waals surface area contributed by atoms with Crippen molar-refractivity contribution in [3.8, 4) is 0 Å². The van der Waals surface area contributed by atoms with Gasteiger partial charge in [0.25, 0.3) is 0 Å². The fourth-order valence-electron chi connectivity index (χ4n) is 7.58. The third-order valence-electron chi connectivity index (χ3n) is 10.8. The minimum atomic E-state index is -0.639. The number of likely N-dealkylation sites (tertiary alicyclic amines) is 2. The van der Waals surface area contributed by atoms with Gasteiger partial charge in [-0.1, -0.05) is 47.5 Å². The Balaban J connectivity index is 0. The Labute approximate surface area is 450 Å². The largest absolute Gasteiger partial charge is 1.00 e. The van der Waals surface area contributed by atoms with Gasteiger partial charge in [0.15, 0.2) is 0 Å². The quantitative estimate of drug-likeness (QED) is 0.219. The molecular weight excluding hydrogens is 972 g/mol. The van der Waals surface area contributed by atoms with Crippen LogP contribution in [0.4, 0.5) is 4.79 Å². The molecule has 2 aromatic carbocycles. The van der Waals surface area contributed by atoms with Gasteiger partial charge in [-0.15, -0.1) is 24.8 Å². The first kappa shape index (κ1) is 67.9. The van der Waals surface area contributed by atoms with Crippen LogP contribution < -0.4 is 40.2 Å². The number of carbonyl (C=O) groups is 5. The van der Waals surface area contributed by atoms with Gasteiger partial charge in [0, 0.05) is 95.6 Å². The Hall–Kier alpha value is -2.19. The van der Waals surface area contributed by atoms with Crippen LogP contribution in [0.2, 0.25) is 10.0 Å². The SMILES string of the molecule is CC(=O)OOC(C)=O.CC(C)(C)OC(=O)N1CCC(=O)CC1.CO[C@H]1CCN(C2CCNCC2)[C@@H](Cc2ccc(Cl)cc2)C1.CO[C@H]1CCN[C@@H](Cc2ccc(Cl)cc2)C1.Cl.Cl.[B-]OC(C)=O.[Na+]. The predicted octanol–water partition coefficient (Wildman–Crippen LogP) is 4.86. The molecule has 2 aromatic rings. The van der Waals surface area contributed by atoms with E-state index in [9.17, 15) is 24.0 Å². The number of hydrogen-bond acceptors (Lipinski definition) is 14. The Bertz CT molecular complexity index is 1710. The smallest absolute Gasteiger partial charge is 0.793 e. The van der Waals surface area contributed by atoms with Crippen molar-refractivity contribution in [2.24, 2.45) is 0 Å². The first-order chi connectivity index (χ1) is 30.8. The van der Waals surface area contributed by atoms with E-state index < -0.39 is 23.5 Å². The van der Waals surface area contributed by atoms with Crippen LogP contribution in [0.5, 0.6) is 0 Å². The van der Waals surface area contributed by atoms with E-state index in [-0.39, 0.29) is 66.2 Å². The van der Waals surface area contributed by atoms with E-state index in [0.29, 0.717) is 50.2 Å². The Morgan fingerprint density at radius 2 is 1.18 bits per heavy atom. The summed E-state index contributed by atoms with van der Waals surface area (Å²) in [4.78, 5) is 63.6. The van der Waals surface area contributed by atoms with Crippen LogP contribution in [-0.2, 0) is 60.7 Å². The summed E-state index contributed by atoms with van der Waals surface area (Å²) >= 11 is 11.9. The summed E-state index contributed by atoms with van der Waals surface area (Å²) in [5.74, 6) is -1.52. The van der Waals surface area contributed by atoms with Crippen LogP contribution in [0.15, 0.2) is 48.5 Å². The molecule has 4 aliphatic heterocycles. The number of Topliss-reactive ketones (excluding diaryl/α,β-unsaturated/α-hetero) is 1. The molecule has 1 amide bonds. The molecule has 6 rings (SSSR count). The predicted molar refractivity (Wildman–Crippen MR) is 266 cm³/mol. The molecule has 0 spiro atoms. The fraction of sp³-hybridized carbons (Fsp3) is 0.638. The van der Waals surface area contributed by atoms with Gasteiger partial charge in [-0.25, -0.2) is 24.2 Å². The van der Waals surface area contributed by atoms with Crippen molar-refractivity contribution in [3.63, 3.8) is 0 Å². The molecule has 4 heterocycles. The molecule has 15 nitrogen and oxygen atoms in total. The molecule has 0 saturated carbocycles. The maximum absolute atomic E-state index is 11.5. The molecule has 0 aromatic heterocycles. The van der Waals surface area contributed by atoms with E-state index in [2.05, 4.69) is 62.3 Å². The summed E-state index contributed by atoms with van der Waals surface area (Å²) in [6, 6.07) is 18.3. The van der Waals surface area contributed by atoms with Gasteiger partial charge in [-0.3, -0.25) is 14.5 Å². The van der Waals surface area contributed by atoms with Gasteiger partial charge in [0.05, 0.1) is 12.2 Å². The monoisotopic (exact) mass is 1040 g/mol. The molecule has 0 bridgehead atoms. The van der Waals surface area contributed by atoms with E-state index in [1.54, 1.807) is 12.0 Å². The number of ether oxygens (including phenoxy) is 3. The Morgan fingerprint density at radius 1 is 0.706 bits per heavy atom. The van der Waals surface area contributed by atoms with E-state index in [4.69, 9.17) is 37.4 Å². The molecule has 0 aliphatic carbocycles. The number of methoxy groups -OCH3 is 2. The molecule has 4 atom stereocenters. The second-order valence-corrected chi connectivity index (χ2v) is 18.1. The number of rotatable bonds is 7. The van der Waals surface area contributed by atoms with Gasteiger partial charge < -0.3 is 42.4 Å². The van der Waals surface area contributed by atoms with Crippen LogP contribution >= 0.6 is 48.0 Å². The minimum absolute atomic E-state index is 0. The number of amides is 1. The first-order valence-electron chi connectivity index (χ1n) is 22.3. The molecular formula is C47H73BCl4N4NaO11. The first-order valence-corrected chi connectivity index (χ1v) is 23.0. The van der Waals surface area contributed by atoms with Crippen molar-refractivity contribution in [2.75, 3.05) is 53.5 Å². The van der Waals surface area contributed by atoms with E-state index in [0.717, 1.165) is 88.1 Å². The van der Waals surface area contributed by atoms with Gasteiger partial charge in [-0.2, -0.15) is 0 Å². The number of halogens is 4. The van der Waals surface area contributed by atoms with E-state index >= 15 is 0 Å². The van der Waals surface area contributed by atoms with E-state index in [1.807, 2.05) is 52.1 Å². The standard InChI is InChI=1S/C18H27ClN2O.C13H18ClNO.C10H17NO3.C4H6O4.C2H3BO2.2ClH.Na/c1-22-18-8-11-21(16-6-9-20-10-7-16)17(13-18)12-14-2-4-15(19)5-3-14;1-16-13-6-7-15-12(9-13)8-10-2-4-11(14)5-3-10;1-10(2,3)14-9(13)11-6-4-8(12)5-7-11;1-3(5)7-8-4(2)6;1-2(4)5-3;;;/h2-5,16-18,20H,6-13H2,1H3;2-5,12-13,15H,6-9H2,1H3;4-7H2,1-3H3;1-2H3;1H3;2*1H;/q;;;;-1;;;+1/t17-,18-;12-,13-;;;;;;/m00....../s1. The van der Waals surface area contributed by atoms with Gasteiger partial charge >= 0.3 is 47.6 Å². The summed E-state index contributed by atoms with van der Waals surface area (Å²) in [5.41, 5.74) is 2.25. The molecule has 3 radical (unpaired) electrons. The van der Waals surface area contributed by atoms with Crippen molar-refractivity contribution in [2.45, 2.75) is 142 Å². The summed E-state index contributed by atoms with van der Waals surface area (Å²) in [6.45, 7) is 14.5. The summed E-state index contributed by atoms with van der Waals surface area (Å²) in [7, 11) is 7.97.